The van der Waals surface area contributed by atoms with Gasteiger partial charge in [0.25, 0.3) is 0 Å². The molecule has 1 atom stereocenters. The number of thioether (sulfide) groups is 1. The minimum atomic E-state index is 0.401. The van der Waals surface area contributed by atoms with E-state index in [0.29, 0.717) is 17.0 Å². The van der Waals surface area contributed by atoms with Gasteiger partial charge in [0.05, 0.1) is 5.75 Å². The summed E-state index contributed by atoms with van der Waals surface area (Å²) in [5.41, 5.74) is 6.81. The molecule has 4 heteroatoms. The van der Waals surface area contributed by atoms with E-state index in [1.165, 1.54) is 6.42 Å². The zero-order valence-corrected chi connectivity index (χ0v) is 11.3. The molecule has 0 saturated heterocycles. The summed E-state index contributed by atoms with van der Waals surface area (Å²) in [6, 6.07) is 1.86. The lowest BCUT2D eigenvalue weighted by molar-refractivity contribution is 0.800. The van der Waals surface area contributed by atoms with E-state index >= 15 is 0 Å². The Morgan fingerprint density at radius 3 is 2.56 bits per heavy atom. The van der Waals surface area contributed by atoms with Crippen LogP contribution in [-0.2, 0) is 5.75 Å². The smallest absolute Gasteiger partial charge is 0.140 e. The summed E-state index contributed by atoms with van der Waals surface area (Å²) < 4.78 is 0. The molecule has 2 N–H and O–H groups in total. The van der Waals surface area contributed by atoms with Gasteiger partial charge in [0.15, 0.2) is 0 Å². The van der Waals surface area contributed by atoms with Crippen LogP contribution in [0.3, 0.4) is 0 Å². The molecule has 0 aliphatic carbocycles. The van der Waals surface area contributed by atoms with Gasteiger partial charge in [0.2, 0.25) is 0 Å². The van der Waals surface area contributed by atoms with Crippen LogP contribution in [0.25, 0.3) is 0 Å². The predicted octanol–water partition coefficient (Wildman–Crippen LogP) is 3.21. The Hall–Kier alpha value is -0.770. The van der Waals surface area contributed by atoms with Crippen molar-refractivity contribution in [2.24, 2.45) is 0 Å². The molecule has 0 aromatic carbocycles. The van der Waals surface area contributed by atoms with Gasteiger partial charge in [-0.15, -0.1) is 0 Å². The first kappa shape index (κ1) is 13.3. The number of nitrogens with two attached hydrogens (primary N) is 1. The molecule has 1 unspecified atom stereocenters. The lowest BCUT2D eigenvalue weighted by Crippen LogP contribution is -2.05. The van der Waals surface area contributed by atoms with Crippen molar-refractivity contribution in [3.8, 4) is 0 Å². The van der Waals surface area contributed by atoms with E-state index in [-0.39, 0.29) is 0 Å². The third-order valence-corrected chi connectivity index (χ3v) is 3.80. The Morgan fingerprint density at radius 2 is 2.00 bits per heavy atom. The van der Waals surface area contributed by atoms with Crippen LogP contribution in [0.1, 0.15) is 51.6 Å². The second kappa shape index (κ2) is 6.09. The van der Waals surface area contributed by atoms with Crippen molar-refractivity contribution in [1.82, 2.24) is 9.97 Å². The zero-order chi connectivity index (χ0) is 12.1. The van der Waals surface area contributed by atoms with Crippen LogP contribution >= 0.6 is 11.8 Å². The monoisotopic (exact) mass is 239 g/mol. The van der Waals surface area contributed by atoms with Crippen molar-refractivity contribution < 1.29 is 0 Å². The van der Waals surface area contributed by atoms with Crippen molar-refractivity contribution in [3.05, 3.63) is 17.6 Å². The third kappa shape index (κ3) is 4.00. The zero-order valence-electron chi connectivity index (χ0n) is 10.5. The van der Waals surface area contributed by atoms with Gasteiger partial charge in [-0.25, -0.2) is 9.97 Å². The second-order valence-corrected chi connectivity index (χ2v) is 5.75. The molecule has 0 radical (unpaired) electrons. The first-order valence-corrected chi connectivity index (χ1v) is 6.82. The molecule has 0 amide bonds. The molecule has 1 aromatic rings. The van der Waals surface area contributed by atoms with Gasteiger partial charge in [-0.05, 0) is 12.3 Å². The summed E-state index contributed by atoms with van der Waals surface area (Å²) in [5.74, 6) is 2.69. The van der Waals surface area contributed by atoms with E-state index in [1.54, 1.807) is 0 Å². The van der Waals surface area contributed by atoms with Gasteiger partial charge < -0.3 is 5.73 Å². The number of hydrogen-bond acceptors (Lipinski definition) is 4. The molecule has 0 fully saturated rings. The quantitative estimate of drug-likeness (QED) is 0.857. The number of anilines is 1. The first-order valence-electron chi connectivity index (χ1n) is 5.77. The molecule has 0 aliphatic rings. The van der Waals surface area contributed by atoms with Crippen LogP contribution < -0.4 is 5.73 Å². The lowest BCUT2D eigenvalue weighted by Gasteiger charge is -2.10. The topological polar surface area (TPSA) is 51.8 Å². The van der Waals surface area contributed by atoms with Crippen molar-refractivity contribution in [1.29, 1.82) is 0 Å². The molecule has 0 bridgehead atoms. The first-order chi connectivity index (χ1) is 7.52. The maximum Gasteiger partial charge on any atom is 0.140 e. The molecule has 0 aliphatic heterocycles. The maximum absolute atomic E-state index is 5.78. The minimum Gasteiger partial charge on any atom is -0.384 e. The summed E-state index contributed by atoms with van der Waals surface area (Å²) >= 11 is 1.88. The number of hydrogen-bond donors (Lipinski definition) is 1. The highest BCUT2D eigenvalue weighted by molar-refractivity contribution is 7.99. The van der Waals surface area contributed by atoms with Crippen LogP contribution in [0, 0.1) is 0 Å². The van der Waals surface area contributed by atoms with Crippen LogP contribution in [0.5, 0.6) is 0 Å². The van der Waals surface area contributed by atoms with E-state index in [4.69, 9.17) is 5.73 Å². The number of aromatic nitrogens is 2. The Kier molecular flexibility index (Phi) is 5.06. The van der Waals surface area contributed by atoms with Crippen LogP contribution in [0.15, 0.2) is 6.07 Å². The van der Waals surface area contributed by atoms with E-state index in [0.717, 1.165) is 17.3 Å². The van der Waals surface area contributed by atoms with E-state index < -0.39 is 0 Å². The van der Waals surface area contributed by atoms with Crippen molar-refractivity contribution in [2.45, 2.75) is 51.0 Å². The summed E-state index contributed by atoms with van der Waals surface area (Å²) in [6.07, 6.45) is 1.17. The predicted molar refractivity (Wildman–Crippen MR) is 71.6 cm³/mol. The normalized spacial score (nSPS) is 13.1. The fraction of sp³-hybridized carbons (Fsp3) is 0.667. The Morgan fingerprint density at radius 1 is 1.31 bits per heavy atom. The SMILES string of the molecule is CCC(C)SCc1nc(N)cc(C(C)C)n1. The molecular formula is C12H21N3S. The number of nitrogen functional groups attached to an aromatic ring is 1. The summed E-state index contributed by atoms with van der Waals surface area (Å²) in [4.78, 5) is 8.80. The average molecular weight is 239 g/mol. The third-order valence-electron chi connectivity index (χ3n) is 2.48. The highest BCUT2D eigenvalue weighted by Gasteiger charge is 2.07. The summed E-state index contributed by atoms with van der Waals surface area (Å²) in [7, 11) is 0. The fourth-order valence-electron chi connectivity index (χ4n) is 1.23. The van der Waals surface area contributed by atoms with E-state index in [2.05, 4.69) is 37.7 Å². The molecule has 3 nitrogen and oxygen atoms in total. The minimum absolute atomic E-state index is 0.401. The van der Waals surface area contributed by atoms with Gasteiger partial charge in [-0.1, -0.05) is 27.7 Å². The summed E-state index contributed by atoms with van der Waals surface area (Å²) in [6.45, 7) is 8.65. The lowest BCUT2D eigenvalue weighted by atomic mass is 10.1. The number of nitrogens with zero attached hydrogens (tertiary/aromatic N) is 2. The highest BCUT2D eigenvalue weighted by Crippen LogP contribution is 2.20. The van der Waals surface area contributed by atoms with E-state index in [9.17, 15) is 0 Å². The fourth-order valence-corrected chi connectivity index (χ4v) is 2.03. The average Bonchev–Trinajstić information content (AvgIpc) is 2.25. The van der Waals surface area contributed by atoms with Crippen LogP contribution in [-0.4, -0.2) is 15.2 Å². The summed E-state index contributed by atoms with van der Waals surface area (Å²) in [5, 5.41) is 0.646. The van der Waals surface area contributed by atoms with E-state index in [1.807, 2.05) is 17.8 Å². The van der Waals surface area contributed by atoms with Gasteiger partial charge >= 0.3 is 0 Å². The molecular weight excluding hydrogens is 218 g/mol. The number of rotatable bonds is 5. The second-order valence-electron chi connectivity index (χ2n) is 4.32. The molecule has 1 heterocycles. The Labute approximate surface area is 102 Å². The van der Waals surface area contributed by atoms with Gasteiger partial charge in [-0.3, -0.25) is 0 Å². The Bertz CT molecular complexity index is 339. The molecule has 1 rings (SSSR count). The van der Waals surface area contributed by atoms with Crippen molar-refractivity contribution >= 4 is 17.6 Å². The van der Waals surface area contributed by atoms with Crippen molar-refractivity contribution in [2.75, 3.05) is 5.73 Å². The van der Waals surface area contributed by atoms with Crippen LogP contribution in [0.2, 0.25) is 0 Å². The molecule has 0 spiro atoms. The molecule has 16 heavy (non-hydrogen) atoms. The van der Waals surface area contributed by atoms with Gasteiger partial charge in [0.1, 0.15) is 11.6 Å². The molecule has 0 saturated carbocycles. The molecule has 1 aromatic heterocycles. The van der Waals surface area contributed by atoms with Gasteiger partial charge in [-0.2, -0.15) is 11.8 Å². The largest absolute Gasteiger partial charge is 0.384 e. The standard InChI is InChI=1S/C12H21N3S/c1-5-9(4)16-7-12-14-10(8(2)3)6-11(13)15-12/h6,8-9H,5,7H2,1-4H3,(H2,13,14,15). The maximum atomic E-state index is 5.78. The van der Waals surface area contributed by atoms with Crippen molar-refractivity contribution in [3.63, 3.8) is 0 Å². The highest BCUT2D eigenvalue weighted by atomic mass is 32.2. The van der Waals surface area contributed by atoms with Crippen LogP contribution in [0.4, 0.5) is 5.82 Å². The molecule has 90 valence electrons. The Balaban J connectivity index is 2.72. The van der Waals surface area contributed by atoms with Gasteiger partial charge in [0, 0.05) is 17.0 Å².